The standard InChI is InChI=1S/C54H34N6/c1-3-11-40(12-4-1)52-58-53(41-13-5-2-6-14-41)60-54(59-52)46-32-44(37-19-17-36(18-20-37)43-26-23-35-10-7-8-15-42(35)30-43)31-45(33-46)38-21-24-39(25-22-38)50-47-27-29-55-34-48(47)51-49(57-50)16-9-28-56-51/h1-34H. The van der Waals surface area contributed by atoms with Gasteiger partial charge in [0.15, 0.2) is 17.5 Å². The van der Waals surface area contributed by atoms with Gasteiger partial charge in [-0.1, -0.05) is 146 Å². The van der Waals surface area contributed by atoms with Crippen LogP contribution in [0.15, 0.2) is 207 Å². The van der Waals surface area contributed by atoms with E-state index >= 15 is 0 Å². The van der Waals surface area contributed by atoms with Crippen LogP contribution in [0.4, 0.5) is 0 Å². The van der Waals surface area contributed by atoms with E-state index in [1.54, 1.807) is 6.20 Å². The Morgan fingerprint density at radius 1 is 0.300 bits per heavy atom. The molecule has 6 heteroatoms. The summed E-state index contributed by atoms with van der Waals surface area (Å²) in [7, 11) is 0. The SMILES string of the molecule is c1ccc(-c2nc(-c3ccccc3)nc(-c3cc(-c4ccc(-c5ccc6ccccc6c5)cc4)cc(-c4ccc(-c5nc6cccnc6c6cnccc56)cc4)c3)n2)cc1. The fourth-order valence-corrected chi connectivity index (χ4v) is 7.96. The minimum absolute atomic E-state index is 0.601. The molecule has 11 rings (SSSR count). The molecule has 4 aromatic heterocycles. The molecule has 0 saturated carbocycles. The van der Waals surface area contributed by atoms with Crippen molar-refractivity contribution in [3.8, 4) is 78.8 Å². The second-order valence-electron chi connectivity index (χ2n) is 14.8. The van der Waals surface area contributed by atoms with Gasteiger partial charge in [0.05, 0.1) is 16.7 Å². The molecular formula is C54H34N6. The third kappa shape index (κ3) is 6.62. The fraction of sp³-hybridized carbons (Fsp3) is 0. The number of nitrogens with zero attached hydrogens (tertiary/aromatic N) is 6. The monoisotopic (exact) mass is 766 g/mol. The zero-order valence-corrected chi connectivity index (χ0v) is 32.3. The van der Waals surface area contributed by atoms with Crippen LogP contribution in [0.3, 0.4) is 0 Å². The van der Waals surface area contributed by atoms with E-state index in [0.717, 1.165) is 77.6 Å². The number of benzene rings is 7. The van der Waals surface area contributed by atoms with E-state index in [2.05, 4.69) is 119 Å². The summed E-state index contributed by atoms with van der Waals surface area (Å²) in [6.45, 7) is 0. The third-order valence-electron chi connectivity index (χ3n) is 11.0. The summed E-state index contributed by atoms with van der Waals surface area (Å²) >= 11 is 0. The van der Waals surface area contributed by atoms with Crippen LogP contribution in [0, 0.1) is 0 Å². The van der Waals surface area contributed by atoms with Crippen molar-refractivity contribution in [2.45, 2.75) is 0 Å². The summed E-state index contributed by atoms with van der Waals surface area (Å²) in [5.41, 5.74) is 12.9. The second-order valence-corrected chi connectivity index (χ2v) is 14.8. The van der Waals surface area contributed by atoms with E-state index < -0.39 is 0 Å². The summed E-state index contributed by atoms with van der Waals surface area (Å²) in [5.74, 6) is 1.84. The van der Waals surface area contributed by atoms with Gasteiger partial charge in [0, 0.05) is 51.6 Å². The highest BCUT2D eigenvalue weighted by Gasteiger charge is 2.16. The predicted octanol–water partition coefficient (Wildman–Crippen LogP) is 13.2. The van der Waals surface area contributed by atoms with Gasteiger partial charge in [-0.2, -0.15) is 0 Å². The van der Waals surface area contributed by atoms with Gasteiger partial charge in [-0.25, -0.2) is 19.9 Å². The average Bonchev–Trinajstić information content (AvgIpc) is 3.34. The number of fused-ring (bicyclic) bond motifs is 4. The molecule has 0 radical (unpaired) electrons. The van der Waals surface area contributed by atoms with Crippen molar-refractivity contribution in [1.82, 2.24) is 29.9 Å². The lowest BCUT2D eigenvalue weighted by molar-refractivity contribution is 1.07. The van der Waals surface area contributed by atoms with Crippen molar-refractivity contribution < 1.29 is 0 Å². The molecule has 7 aromatic carbocycles. The molecule has 0 atom stereocenters. The first kappa shape index (κ1) is 35.0. The first-order valence-corrected chi connectivity index (χ1v) is 19.9. The Kier molecular flexibility index (Phi) is 8.71. The number of pyridine rings is 3. The van der Waals surface area contributed by atoms with Crippen LogP contribution < -0.4 is 0 Å². The lowest BCUT2D eigenvalue weighted by Gasteiger charge is -2.14. The molecule has 0 aliphatic rings. The van der Waals surface area contributed by atoms with Crippen molar-refractivity contribution in [1.29, 1.82) is 0 Å². The smallest absolute Gasteiger partial charge is 0.164 e. The third-order valence-corrected chi connectivity index (χ3v) is 11.0. The van der Waals surface area contributed by atoms with Gasteiger partial charge in [0.1, 0.15) is 0 Å². The van der Waals surface area contributed by atoms with E-state index in [4.69, 9.17) is 19.9 Å². The molecule has 0 bridgehead atoms. The van der Waals surface area contributed by atoms with Gasteiger partial charge in [0.2, 0.25) is 0 Å². The van der Waals surface area contributed by atoms with E-state index in [0.29, 0.717) is 17.5 Å². The summed E-state index contributed by atoms with van der Waals surface area (Å²) in [5, 5.41) is 4.45. The summed E-state index contributed by atoms with van der Waals surface area (Å²) < 4.78 is 0. The zero-order chi connectivity index (χ0) is 39.8. The van der Waals surface area contributed by atoms with Crippen molar-refractivity contribution in [3.05, 3.63) is 207 Å². The fourth-order valence-electron chi connectivity index (χ4n) is 7.96. The number of hydrogen-bond donors (Lipinski definition) is 0. The van der Waals surface area contributed by atoms with E-state index in [-0.39, 0.29) is 0 Å². The first-order chi connectivity index (χ1) is 29.7. The number of rotatable bonds is 7. The molecule has 6 nitrogen and oxygen atoms in total. The van der Waals surface area contributed by atoms with Gasteiger partial charge in [-0.05, 0) is 86.6 Å². The maximum absolute atomic E-state index is 5.11. The summed E-state index contributed by atoms with van der Waals surface area (Å²) in [4.78, 5) is 29.3. The van der Waals surface area contributed by atoms with Gasteiger partial charge in [-0.3, -0.25) is 9.97 Å². The Bertz CT molecular complexity index is 3290. The average molecular weight is 767 g/mol. The van der Waals surface area contributed by atoms with Crippen molar-refractivity contribution in [3.63, 3.8) is 0 Å². The summed E-state index contributed by atoms with van der Waals surface area (Å²) in [6, 6.07) is 65.3. The lowest BCUT2D eigenvalue weighted by Crippen LogP contribution is -2.00. The predicted molar refractivity (Wildman–Crippen MR) is 244 cm³/mol. The minimum Gasteiger partial charge on any atom is -0.264 e. The molecule has 0 spiro atoms. The highest BCUT2D eigenvalue weighted by atomic mass is 15.0. The van der Waals surface area contributed by atoms with Gasteiger partial charge < -0.3 is 0 Å². The molecule has 0 N–H and O–H groups in total. The van der Waals surface area contributed by atoms with Gasteiger partial charge >= 0.3 is 0 Å². The molecule has 280 valence electrons. The number of hydrogen-bond acceptors (Lipinski definition) is 6. The molecule has 60 heavy (non-hydrogen) atoms. The minimum atomic E-state index is 0.601. The quantitative estimate of drug-likeness (QED) is 0.150. The Balaban J connectivity index is 1.05. The molecular weight excluding hydrogens is 733 g/mol. The lowest BCUT2D eigenvalue weighted by atomic mass is 9.93. The highest BCUT2D eigenvalue weighted by molar-refractivity contribution is 6.08. The van der Waals surface area contributed by atoms with Gasteiger partial charge in [0.25, 0.3) is 0 Å². The molecule has 0 aliphatic heterocycles. The maximum atomic E-state index is 5.11. The highest BCUT2D eigenvalue weighted by Crippen LogP contribution is 2.37. The Morgan fingerprint density at radius 3 is 1.48 bits per heavy atom. The molecule has 11 aromatic rings. The molecule has 0 aliphatic carbocycles. The molecule has 0 unspecified atom stereocenters. The van der Waals surface area contributed by atoms with Crippen LogP contribution in [0.5, 0.6) is 0 Å². The van der Waals surface area contributed by atoms with E-state index in [1.165, 1.54) is 16.3 Å². The zero-order valence-electron chi connectivity index (χ0n) is 32.3. The van der Waals surface area contributed by atoms with Crippen molar-refractivity contribution >= 4 is 32.6 Å². The Hall–Kier alpha value is -8.22. The van der Waals surface area contributed by atoms with Crippen LogP contribution in [0.1, 0.15) is 0 Å². The van der Waals surface area contributed by atoms with Crippen LogP contribution >= 0.6 is 0 Å². The summed E-state index contributed by atoms with van der Waals surface area (Å²) in [6.07, 6.45) is 5.49. The van der Waals surface area contributed by atoms with Crippen LogP contribution in [-0.2, 0) is 0 Å². The molecule has 4 heterocycles. The largest absolute Gasteiger partial charge is 0.264 e. The van der Waals surface area contributed by atoms with Crippen LogP contribution in [-0.4, -0.2) is 29.9 Å². The normalized spacial score (nSPS) is 11.3. The topological polar surface area (TPSA) is 77.3 Å². The maximum Gasteiger partial charge on any atom is 0.164 e. The Morgan fingerprint density at radius 2 is 0.833 bits per heavy atom. The Labute approximate surface area is 346 Å². The molecule has 0 saturated heterocycles. The second kappa shape index (κ2) is 14.9. The first-order valence-electron chi connectivity index (χ1n) is 19.9. The van der Waals surface area contributed by atoms with Crippen molar-refractivity contribution in [2.24, 2.45) is 0 Å². The van der Waals surface area contributed by atoms with Crippen LogP contribution in [0.25, 0.3) is 111 Å². The number of aromatic nitrogens is 6. The molecule has 0 fully saturated rings. The van der Waals surface area contributed by atoms with E-state index in [9.17, 15) is 0 Å². The van der Waals surface area contributed by atoms with Crippen LogP contribution in [0.2, 0.25) is 0 Å². The van der Waals surface area contributed by atoms with Crippen molar-refractivity contribution in [2.75, 3.05) is 0 Å². The van der Waals surface area contributed by atoms with Gasteiger partial charge in [-0.15, -0.1) is 0 Å². The molecule has 0 amide bonds. The van der Waals surface area contributed by atoms with E-state index in [1.807, 2.05) is 91.3 Å².